The molecule has 4 nitrogen and oxygen atoms in total. The summed E-state index contributed by atoms with van der Waals surface area (Å²) < 4.78 is 0. The number of halogens is 1. The molecule has 1 atom stereocenters. The Morgan fingerprint density at radius 1 is 1.16 bits per heavy atom. The molecule has 2 aromatic heterocycles. The van der Waals surface area contributed by atoms with Gasteiger partial charge in [0, 0.05) is 36.5 Å². The fourth-order valence-corrected chi connectivity index (χ4v) is 5.14. The summed E-state index contributed by atoms with van der Waals surface area (Å²) in [6.07, 6.45) is 3.69. The molecule has 0 radical (unpaired) electrons. The molecule has 1 N–H and O–H groups in total. The van der Waals surface area contributed by atoms with Crippen molar-refractivity contribution >= 4 is 39.8 Å². The van der Waals surface area contributed by atoms with Gasteiger partial charge in [0.2, 0.25) is 0 Å². The van der Waals surface area contributed by atoms with Crippen LogP contribution in [0.25, 0.3) is 10.2 Å². The van der Waals surface area contributed by atoms with E-state index in [0.29, 0.717) is 0 Å². The first-order valence-corrected chi connectivity index (χ1v) is 10.0. The molecule has 2 aromatic rings. The van der Waals surface area contributed by atoms with Crippen molar-refractivity contribution in [1.29, 1.82) is 0 Å². The number of thiophene rings is 1. The molecule has 0 bridgehead atoms. The SMILES string of the molecule is CC1CCc2c(sc3nc(C(C)(C)C)nc(N4CCNCC4)c23)C1.Cl. The lowest BCUT2D eigenvalue weighted by Crippen LogP contribution is -2.44. The second kappa shape index (κ2) is 7.01. The van der Waals surface area contributed by atoms with E-state index in [9.17, 15) is 0 Å². The predicted molar refractivity (Wildman–Crippen MR) is 110 cm³/mol. The Morgan fingerprint density at radius 2 is 1.88 bits per heavy atom. The van der Waals surface area contributed by atoms with Crippen molar-refractivity contribution in [3.8, 4) is 0 Å². The zero-order valence-corrected chi connectivity index (χ0v) is 17.3. The molecule has 6 heteroatoms. The summed E-state index contributed by atoms with van der Waals surface area (Å²) in [5, 5.41) is 4.82. The topological polar surface area (TPSA) is 41.1 Å². The maximum atomic E-state index is 5.09. The third kappa shape index (κ3) is 3.51. The molecule has 4 rings (SSSR count). The summed E-state index contributed by atoms with van der Waals surface area (Å²) in [7, 11) is 0. The lowest BCUT2D eigenvalue weighted by atomic mass is 9.89. The Kier molecular flexibility index (Phi) is 5.29. The summed E-state index contributed by atoms with van der Waals surface area (Å²) in [6, 6.07) is 0. The number of aryl methyl sites for hydroxylation is 1. The van der Waals surface area contributed by atoms with Crippen LogP contribution in [-0.4, -0.2) is 36.1 Å². The molecule has 2 aliphatic rings. The third-order valence-electron chi connectivity index (χ3n) is 5.22. The molecular formula is C19H29ClN4S. The number of fused-ring (bicyclic) bond motifs is 3. The lowest BCUT2D eigenvalue weighted by Gasteiger charge is -2.30. The summed E-state index contributed by atoms with van der Waals surface area (Å²) >= 11 is 1.92. The van der Waals surface area contributed by atoms with Gasteiger partial charge in [-0.25, -0.2) is 9.97 Å². The Morgan fingerprint density at radius 3 is 2.56 bits per heavy atom. The number of aromatic nitrogens is 2. The average Bonchev–Trinajstić information content (AvgIpc) is 2.91. The van der Waals surface area contributed by atoms with Crippen molar-refractivity contribution in [3.63, 3.8) is 0 Å². The number of anilines is 1. The minimum atomic E-state index is -0.0191. The van der Waals surface area contributed by atoms with E-state index in [1.165, 1.54) is 35.3 Å². The molecule has 0 aromatic carbocycles. The Balaban J connectivity index is 0.00000182. The van der Waals surface area contributed by atoms with Crippen LogP contribution >= 0.6 is 23.7 Å². The molecule has 0 amide bonds. The van der Waals surface area contributed by atoms with Crippen LogP contribution in [0.2, 0.25) is 0 Å². The van der Waals surface area contributed by atoms with E-state index in [1.54, 1.807) is 10.4 Å². The highest BCUT2D eigenvalue weighted by molar-refractivity contribution is 7.19. The Labute approximate surface area is 160 Å². The molecule has 1 aliphatic carbocycles. The number of nitrogens with one attached hydrogen (secondary N) is 1. The van der Waals surface area contributed by atoms with Crippen molar-refractivity contribution in [1.82, 2.24) is 15.3 Å². The highest BCUT2D eigenvalue weighted by atomic mass is 35.5. The van der Waals surface area contributed by atoms with Crippen LogP contribution in [0, 0.1) is 5.92 Å². The van der Waals surface area contributed by atoms with Gasteiger partial charge in [0.15, 0.2) is 0 Å². The van der Waals surface area contributed by atoms with Crippen molar-refractivity contribution < 1.29 is 0 Å². The van der Waals surface area contributed by atoms with Crippen LogP contribution in [0.5, 0.6) is 0 Å². The van der Waals surface area contributed by atoms with Crippen molar-refractivity contribution in [2.24, 2.45) is 5.92 Å². The second-order valence-electron chi connectivity index (χ2n) is 8.39. The third-order valence-corrected chi connectivity index (χ3v) is 6.37. The summed E-state index contributed by atoms with van der Waals surface area (Å²) in [5.74, 6) is 2.97. The fourth-order valence-electron chi connectivity index (χ4n) is 3.76. The smallest absolute Gasteiger partial charge is 0.141 e. The molecule has 1 unspecified atom stereocenters. The molecule has 1 saturated heterocycles. The zero-order valence-electron chi connectivity index (χ0n) is 15.7. The van der Waals surface area contributed by atoms with E-state index < -0.39 is 0 Å². The summed E-state index contributed by atoms with van der Waals surface area (Å²) in [4.78, 5) is 15.3. The lowest BCUT2D eigenvalue weighted by molar-refractivity contribution is 0.509. The van der Waals surface area contributed by atoms with Gasteiger partial charge in [0.25, 0.3) is 0 Å². The number of hydrogen-bond acceptors (Lipinski definition) is 5. The Hall–Kier alpha value is -0.910. The van der Waals surface area contributed by atoms with E-state index in [0.717, 1.165) is 37.9 Å². The minimum Gasteiger partial charge on any atom is -0.353 e. The molecule has 1 fully saturated rings. The van der Waals surface area contributed by atoms with Crippen molar-refractivity contribution in [3.05, 3.63) is 16.3 Å². The second-order valence-corrected chi connectivity index (χ2v) is 9.47. The van der Waals surface area contributed by atoms with Gasteiger partial charge in [0.1, 0.15) is 16.5 Å². The van der Waals surface area contributed by atoms with Gasteiger partial charge in [0.05, 0.1) is 5.39 Å². The van der Waals surface area contributed by atoms with Crippen LogP contribution in [-0.2, 0) is 18.3 Å². The van der Waals surface area contributed by atoms with Crippen molar-refractivity contribution in [2.75, 3.05) is 31.1 Å². The normalized spacial score (nSPS) is 21.1. The first kappa shape index (κ1) is 18.9. The van der Waals surface area contributed by atoms with E-state index in [4.69, 9.17) is 9.97 Å². The first-order valence-electron chi connectivity index (χ1n) is 9.22. The summed E-state index contributed by atoms with van der Waals surface area (Å²) in [5.41, 5.74) is 1.52. The standard InChI is InChI=1S/C19H28N4S.ClH/c1-12-5-6-13-14(11-12)24-17-15(13)16(23-9-7-20-8-10-23)21-18(22-17)19(2,3)4;/h12,20H,5-11H2,1-4H3;1H. The fraction of sp³-hybridized carbons (Fsp3) is 0.684. The maximum Gasteiger partial charge on any atom is 0.141 e. The van der Waals surface area contributed by atoms with Gasteiger partial charge < -0.3 is 10.2 Å². The molecule has 0 saturated carbocycles. The average molecular weight is 381 g/mol. The van der Waals surface area contributed by atoms with Gasteiger partial charge in [-0.1, -0.05) is 27.7 Å². The molecular weight excluding hydrogens is 352 g/mol. The van der Waals surface area contributed by atoms with Gasteiger partial charge >= 0.3 is 0 Å². The van der Waals surface area contributed by atoms with Crippen LogP contribution in [0.4, 0.5) is 5.82 Å². The molecule has 138 valence electrons. The Bertz CT molecular complexity index is 759. The zero-order chi connectivity index (χ0) is 16.9. The molecule has 25 heavy (non-hydrogen) atoms. The highest BCUT2D eigenvalue weighted by Crippen LogP contribution is 2.42. The van der Waals surface area contributed by atoms with Gasteiger partial charge in [-0.05, 0) is 30.7 Å². The monoisotopic (exact) mass is 380 g/mol. The van der Waals surface area contributed by atoms with Crippen LogP contribution in [0.15, 0.2) is 0 Å². The largest absolute Gasteiger partial charge is 0.353 e. The van der Waals surface area contributed by atoms with E-state index >= 15 is 0 Å². The van der Waals surface area contributed by atoms with Crippen molar-refractivity contribution in [2.45, 2.75) is 52.4 Å². The van der Waals surface area contributed by atoms with E-state index in [1.807, 2.05) is 11.3 Å². The van der Waals surface area contributed by atoms with Gasteiger partial charge in [-0.2, -0.15) is 0 Å². The van der Waals surface area contributed by atoms with Crippen LogP contribution in [0.3, 0.4) is 0 Å². The number of rotatable bonds is 1. The summed E-state index contributed by atoms with van der Waals surface area (Å²) in [6.45, 7) is 13.2. The first-order chi connectivity index (χ1) is 11.4. The van der Waals surface area contributed by atoms with Gasteiger partial charge in [-0.3, -0.25) is 0 Å². The van der Waals surface area contributed by atoms with Gasteiger partial charge in [-0.15, -0.1) is 23.7 Å². The quantitative estimate of drug-likeness (QED) is 0.813. The predicted octanol–water partition coefficient (Wildman–Crippen LogP) is 3.95. The number of nitrogens with zero attached hydrogens (tertiary/aromatic N) is 3. The van der Waals surface area contributed by atoms with E-state index in [-0.39, 0.29) is 17.8 Å². The maximum absolute atomic E-state index is 5.09. The van der Waals surface area contributed by atoms with Crippen LogP contribution in [0.1, 0.15) is 50.4 Å². The molecule has 1 aliphatic heterocycles. The minimum absolute atomic E-state index is 0. The number of piperazine rings is 1. The van der Waals surface area contributed by atoms with E-state index in [2.05, 4.69) is 37.9 Å². The number of hydrogen-bond donors (Lipinski definition) is 1. The molecule has 3 heterocycles. The van der Waals surface area contributed by atoms with Crippen LogP contribution < -0.4 is 10.2 Å². The highest BCUT2D eigenvalue weighted by Gasteiger charge is 2.28. The molecule has 0 spiro atoms.